The molecule has 12 nitrogen and oxygen atoms in total. The monoisotopic (exact) mass is 965 g/mol. The van der Waals surface area contributed by atoms with Gasteiger partial charge in [-0.25, -0.2) is 8.78 Å². The van der Waals surface area contributed by atoms with Gasteiger partial charge in [0, 0.05) is 37.8 Å². The highest BCUT2D eigenvalue weighted by Crippen LogP contribution is 2.48. The summed E-state index contributed by atoms with van der Waals surface area (Å²) in [6.07, 6.45) is 8.24. The Morgan fingerprint density at radius 1 is 0.843 bits per heavy atom. The number of β-lactam (4-membered cyclic amide) rings is 1. The highest BCUT2D eigenvalue weighted by Gasteiger charge is 2.49. The van der Waals surface area contributed by atoms with Crippen molar-refractivity contribution in [2.24, 2.45) is 35.0 Å². The second kappa shape index (κ2) is 22.7. The average Bonchev–Trinajstić information content (AvgIpc) is 3.31. The van der Waals surface area contributed by atoms with Gasteiger partial charge in [0.15, 0.2) is 0 Å². The van der Waals surface area contributed by atoms with Gasteiger partial charge in [-0.2, -0.15) is 0 Å². The number of esters is 5. The third-order valence-corrected chi connectivity index (χ3v) is 14.5. The minimum absolute atomic E-state index is 0.0289. The number of fused-ring (bicyclic) bond motifs is 1. The van der Waals surface area contributed by atoms with Gasteiger partial charge in [0.2, 0.25) is 5.91 Å². The summed E-state index contributed by atoms with van der Waals surface area (Å²) in [5.74, 6) is -2.93. The predicted octanol–water partition coefficient (Wildman–Crippen LogP) is 11.0. The smallest absolute Gasteiger partial charge is 0.311 e. The predicted molar refractivity (Wildman–Crippen MR) is 256 cm³/mol. The maximum Gasteiger partial charge on any atom is 0.311 e. The zero-order valence-corrected chi connectivity index (χ0v) is 40.9. The molecule has 0 radical (unpaired) electrons. The van der Waals surface area contributed by atoms with Crippen molar-refractivity contribution in [3.8, 4) is 5.75 Å². The lowest BCUT2D eigenvalue weighted by atomic mass is 9.65. The minimum atomic E-state index is -0.710. The Morgan fingerprint density at radius 2 is 1.51 bits per heavy atom. The van der Waals surface area contributed by atoms with Gasteiger partial charge < -0.3 is 28.6 Å². The van der Waals surface area contributed by atoms with Crippen LogP contribution < -0.4 is 9.64 Å². The number of ether oxygens (including phenoxy) is 5. The van der Waals surface area contributed by atoms with E-state index in [0.29, 0.717) is 36.9 Å². The fourth-order valence-electron chi connectivity index (χ4n) is 10.3. The third kappa shape index (κ3) is 12.8. The van der Waals surface area contributed by atoms with Gasteiger partial charge in [0.05, 0.1) is 23.8 Å². The summed E-state index contributed by atoms with van der Waals surface area (Å²) < 4.78 is 56.5. The van der Waals surface area contributed by atoms with E-state index in [2.05, 4.69) is 32.1 Å². The Kier molecular flexibility index (Phi) is 16.8. The quantitative estimate of drug-likeness (QED) is 0.0488. The first-order chi connectivity index (χ1) is 33.4. The van der Waals surface area contributed by atoms with Crippen LogP contribution in [0.1, 0.15) is 135 Å². The van der Waals surface area contributed by atoms with E-state index in [1.165, 1.54) is 48.9 Å². The normalized spacial score (nSPS) is 25.6. The van der Waals surface area contributed by atoms with Crippen molar-refractivity contribution in [1.29, 1.82) is 0 Å². The summed E-state index contributed by atoms with van der Waals surface area (Å²) in [5, 5.41) is 0. The molecule has 0 bridgehead atoms. The lowest BCUT2D eigenvalue weighted by molar-refractivity contribution is -0.171. The second-order valence-electron chi connectivity index (χ2n) is 20.1. The van der Waals surface area contributed by atoms with Gasteiger partial charge in [0.25, 0.3) is 0 Å². The molecule has 0 unspecified atom stereocenters. The first-order valence-corrected chi connectivity index (χ1v) is 24.7. The summed E-state index contributed by atoms with van der Waals surface area (Å²) >= 11 is 0. The Morgan fingerprint density at radius 3 is 2.19 bits per heavy atom. The zero-order valence-electron chi connectivity index (χ0n) is 40.9. The summed E-state index contributed by atoms with van der Waals surface area (Å²) in [4.78, 5) is 79.2. The molecule has 4 aliphatic rings. The van der Waals surface area contributed by atoms with Gasteiger partial charge in [0.1, 0.15) is 41.8 Å². The Bertz CT molecular complexity index is 2430. The summed E-state index contributed by atoms with van der Waals surface area (Å²) in [6, 6.07) is 17.5. The number of benzene rings is 3. The number of carbonyl (C=O) groups is 6. The van der Waals surface area contributed by atoms with Crippen molar-refractivity contribution in [1.82, 2.24) is 0 Å². The standard InChI is InChI=1S/C56H65F2NO11/c1-7-56(5,6)55(65)70-48-30-33(2)29-38-12-11-34(3)45(52(38)48)26-25-43-31-44(32-51(63)68-43)69-50(62)10-8-9-49(61)67-42-23-15-37(16-24-42)53-46(54(64)59(53)41-21-19-40(58)20-22-41)27-28-47(66-35(4)60)36-13-17-39(57)18-14-36/h11-24,29,33-34,43-48,52-53H,7-10,25-28,30-32H2,1-6H3/t33-,34-,43+,44-,45-,46+,47-,48-,52-,53+/m0/s1. The minimum Gasteiger partial charge on any atom is -0.462 e. The number of carbonyl (C=O) groups excluding carboxylic acids is 6. The lowest BCUT2D eigenvalue weighted by Crippen LogP contribution is -2.55. The number of hydrogen-bond acceptors (Lipinski definition) is 11. The summed E-state index contributed by atoms with van der Waals surface area (Å²) in [5.41, 5.74) is 2.42. The van der Waals surface area contributed by atoms with Crippen molar-refractivity contribution in [2.75, 3.05) is 4.90 Å². The zero-order chi connectivity index (χ0) is 50.3. The molecule has 0 aromatic heterocycles. The molecule has 10 atom stereocenters. The molecule has 3 aromatic carbocycles. The molecule has 2 heterocycles. The molecular weight excluding hydrogens is 901 g/mol. The van der Waals surface area contributed by atoms with Crippen molar-refractivity contribution in [3.63, 3.8) is 0 Å². The van der Waals surface area contributed by atoms with Crippen molar-refractivity contribution < 1.29 is 61.2 Å². The maximum absolute atomic E-state index is 13.9. The number of rotatable bonds is 19. The summed E-state index contributed by atoms with van der Waals surface area (Å²) in [6.45, 7) is 11.4. The van der Waals surface area contributed by atoms with Gasteiger partial charge in [-0.15, -0.1) is 0 Å². The van der Waals surface area contributed by atoms with E-state index >= 15 is 0 Å². The molecule has 0 N–H and O–H groups in total. The van der Waals surface area contributed by atoms with E-state index < -0.39 is 71.2 Å². The van der Waals surface area contributed by atoms with Crippen LogP contribution in [0.4, 0.5) is 14.5 Å². The van der Waals surface area contributed by atoms with Crippen LogP contribution in [0, 0.1) is 46.6 Å². The Balaban J connectivity index is 0.897. The van der Waals surface area contributed by atoms with E-state index in [9.17, 15) is 37.5 Å². The van der Waals surface area contributed by atoms with Crippen LogP contribution in [0.2, 0.25) is 0 Å². The average molecular weight is 966 g/mol. The van der Waals surface area contributed by atoms with Crippen molar-refractivity contribution in [2.45, 2.75) is 143 Å². The van der Waals surface area contributed by atoms with Crippen molar-refractivity contribution in [3.05, 3.63) is 119 Å². The van der Waals surface area contributed by atoms with E-state index in [4.69, 9.17) is 23.7 Å². The van der Waals surface area contributed by atoms with E-state index in [1.807, 2.05) is 20.8 Å². The first kappa shape index (κ1) is 51.7. The van der Waals surface area contributed by atoms with Crippen molar-refractivity contribution >= 4 is 41.4 Å². The molecule has 3 aromatic rings. The van der Waals surface area contributed by atoms with E-state index in [0.717, 1.165) is 18.4 Å². The van der Waals surface area contributed by atoms with Crippen LogP contribution in [0.25, 0.3) is 0 Å². The van der Waals surface area contributed by atoms with E-state index in [-0.39, 0.29) is 79.5 Å². The highest BCUT2D eigenvalue weighted by atomic mass is 19.1. The molecule has 7 rings (SSSR count). The number of cyclic esters (lactones) is 1. The number of nitrogens with zero attached hydrogens (tertiary/aromatic N) is 1. The molecule has 2 fully saturated rings. The molecule has 1 amide bonds. The molecule has 70 heavy (non-hydrogen) atoms. The molecule has 2 aliphatic carbocycles. The lowest BCUT2D eigenvalue weighted by Gasteiger charge is -2.48. The number of amides is 1. The third-order valence-electron chi connectivity index (χ3n) is 14.5. The van der Waals surface area contributed by atoms with Crippen LogP contribution in [-0.2, 0) is 47.7 Å². The molecular formula is C56H65F2NO11. The second-order valence-corrected chi connectivity index (χ2v) is 20.1. The SMILES string of the molecule is CCC(C)(C)C(=O)O[C@H]1C[C@@H](C)C=C2C=C[C@H](C)[C@H](CC[C@@H]3C[C@H](OC(=O)CCCC(=O)Oc4ccc([C@@H]5[C@@H](CC[C@H](OC(C)=O)c6ccc(F)cc6)C(=O)N5c5ccc(F)cc5)cc4)CC(=O)O3)[C@H]21. The molecule has 2 aliphatic heterocycles. The maximum atomic E-state index is 13.9. The molecule has 14 heteroatoms. The van der Waals surface area contributed by atoms with Gasteiger partial charge in [-0.3, -0.25) is 28.8 Å². The Labute approximate surface area is 409 Å². The topological polar surface area (TPSA) is 152 Å². The van der Waals surface area contributed by atoms with Gasteiger partial charge in [-0.05, 0) is 142 Å². The van der Waals surface area contributed by atoms with E-state index in [1.54, 1.807) is 41.3 Å². The fraction of sp³-hybridized carbons (Fsp3) is 0.500. The van der Waals surface area contributed by atoms with Gasteiger partial charge >= 0.3 is 29.8 Å². The number of halogens is 2. The molecule has 2 saturated heterocycles. The number of allylic oxidation sites excluding steroid dienone is 3. The first-order valence-electron chi connectivity index (χ1n) is 24.7. The molecule has 374 valence electrons. The van der Waals surface area contributed by atoms with Crippen LogP contribution in [0.3, 0.4) is 0 Å². The van der Waals surface area contributed by atoms with Crippen LogP contribution in [0.15, 0.2) is 96.6 Å². The van der Waals surface area contributed by atoms with Crippen LogP contribution in [0.5, 0.6) is 5.75 Å². The largest absolute Gasteiger partial charge is 0.462 e. The van der Waals surface area contributed by atoms with Crippen LogP contribution >= 0.6 is 0 Å². The number of anilines is 1. The molecule has 0 saturated carbocycles. The van der Waals surface area contributed by atoms with Crippen LogP contribution in [-0.4, -0.2) is 54.1 Å². The number of hydrogen-bond donors (Lipinski definition) is 0. The van der Waals surface area contributed by atoms with Gasteiger partial charge in [-0.1, -0.05) is 63.3 Å². The highest BCUT2D eigenvalue weighted by molar-refractivity contribution is 6.03. The molecule has 0 spiro atoms. The Hall–Kier alpha value is -6.18. The fourth-order valence-corrected chi connectivity index (χ4v) is 10.3. The summed E-state index contributed by atoms with van der Waals surface area (Å²) in [7, 11) is 0.